The van der Waals surface area contributed by atoms with Gasteiger partial charge in [-0.3, -0.25) is 4.68 Å². The lowest BCUT2D eigenvalue weighted by Crippen LogP contribution is -2.23. The Morgan fingerprint density at radius 2 is 2.37 bits per heavy atom. The standard InChI is InChI=1S/C14H16ClN3O/c1-2-18-8-9(7-17-18)14-6-12(16)11-5-10(15)3-4-13(11)19-14/h3-5,7-8,12,14H,2,6,16H2,1H3/t12-,14?/m0/s1. The summed E-state index contributed by atoms with van der Waals surface area (Å²) in [6.45, 7) is 2.91. The Morgan fingerprint density at radius 1 is 1.53 bits per heavy atom. The van der Waals surface area contributed by atoms with E-state index in [1.54, 1.807) is 0 Å². The van der Waals surface area contributed by atoms with Gasteiger partial charge in [-0.15, -0.1) is 0 Å². The van der Waals surface area contributed by atoms with E-state index in [4.69, 9.17) is 22.1 Å². The fraction of sp³-hybridized carbons (Fsp3) is 0.357. The summed E-state index contributed by atoms with van der Waals surface area (Å²) in [5.74, 6) is 0.817. The SMILES string of the molecule is CCn1cc(C2C[C@H](N)c3cc(Cl)ccc3O2)cn1. The van der Waals surface area contributed by atoms with Gasteiger partial charge in [0.15, 0.2) is 0 Å². The molecule has 2 heterocycles. The van der Waals surface area contributed by atoms with Gasteiger partial charge in [-0.25, -0.2) is 0 Å². The lowest BCUT2D eigenvalue weighted by Gasteiger charge is -2.29. The Balaban J connectivity index is 1.90. The molecule has 2 atom stereocenters. The van der Waals surface area contributed by atoms with E-state index in [0.717, 1.165) is 29.8 Å². The zero-order valence-electron chi connectivity index (χ0n) is 10.7. The number of benzene rings is 1. The van der Waals surface area contributed by atoms with Crippen molar-refractivity contribution >= 4 is 11.6 Å². The molecule has 4 nitrogen and oxygen atoms in total. The Hall–Kier alpha value is -1.52. The lowest BCUT2D eigenvalue weighted by molar-refractivity contribution is 0.161. The van der Waals surface area contributed by atoms with Gasteiger partial charge in [-0.05, 0) is 25.1 Å². The minimum absolute atomic E-state index is 0.0380. The molecule has 1 aromatic carbocycles. The van der Waals surface area contributed by atoms with Crippen LogP contribution in [0.15, 0.2) is 30.6 Å². The summed E-state index contributed by atoms with van der Waals surface area (Å²) in [5.41, 5.74) is 8.26. The highest BCUT2D eigenvalue weighted by atomic mass is 35.5. The molecule has 0 aliphatic carbocycles. The van der Waals surface area contributed by atoms with E-state index in [9.17, 15) is 0 Å². The van der Waals surface area contributed by atoms with E-state index in [0.29, 0.717) is 5.02 Å². The topological polar surface area (TPSA) is 53.1 Å². The van der Waals surface area contributed by atoms with Gasteiger partial charge < -0.3 is 10.5 Å². The van der Waals surface area contributed by atoms with Crippen LogP contribution in [0.4, 0.5) is 0 Å². The van der Waals surface area contributed by atoms with Gasteiger partial charge >= 0.3 is 0 Å². The average molecular weight is 278 g/mol. The zero-order valence-corrected chi connectivity index (χ0v) is 11.5. The van der Waals surface area contributed by atoms with Crippen LogP contribution in [0.1, 0.15) is 36.6 Å². The summed E-state index contributed by atoms with van der Waals surface area (Å²) in [6.07, 6.45) is 4.56. The molecule has 0 amide bonds. The van der Waals surface area contributed by atoms with E-state index in [2.05, 4.69) is 12.0 Å². The van der Waals surface area contributed by atoms with Gasteiger partial charge in [0.05, 0.1) is 6.20 Å². The van der Waals surface area contributed by atoms with Crippen LogP contribution in [0.25, 0.3) is 0 Å². The van der Waals surface area contributed by atoms with E-state index in [1.165, 1.54) is 0 Å². The number of aromatic nitrogens is 2. The summed E-state index contributed by atoms with van der Waals surface area (Å²) in [7, 11) is 0. The van der Waals surface area contributed by atoms with Crippen molar-refractivity contribution in [2.24, 2.45) is 5.73 Å². The molecule has 1 unspecified atom stereocenters. The number of nitrogens with zero attached hydrogens (tertiary/aromatic N) is 2. The molecule has 1 aliphatic heterocycles. The predicted octanol–water partition coefficient (Wildman–Crippen LogP) is 3.08. The molecule has 0 bridgehead atoms. The van der Waals surface area contributed by atoms with E-state index in [1.807, 2.05) is 35.3 Å². The number of ether oxygens (including phenoxy) is 1. The van der Waals surface area contributed by atoms with E-state index in [-0.39, 0.29) is 12.1 Å². The lowest BCUT2D eigenvalue weighted by atomic mass is 9.95. The van der Waals surface area contributed by atoms with Crippen molar-refractivity contribution in [3.8, 4) is 5.75 Å². The van der Waals surface area contributed by atoms with Gasteiger partial charge in [0.1, 0.15) is 11.9 Å². The van der Waals surface area contributed by atoms with Gasteiger partial charge in [0.2, 0.25) is 0 Å². The average Bonchev–Trinajstić information content (AvgIpc) is 2.88. The second-order valence-electron chi connectivity index (χ2n) is 4.76. The largest absolute Gasteiger partial charge is 0.485 e. The molecule has 0 fully saturated rings. The smallest absolute Gasteiger partial charge is 0.129 e. The third-order valence-corrected chi connectivity index (χ3v) is 3.69. The molecule has 100 valence electrons. The Kier molecular flexibility index (Phi) is 3.21. The molecule has 2 N–H and O–H groups in total. The maximum Gasteiger partial charge on any atom is 0.129 e. The van der Waals surface area contributed by atoms with Crippen LogP contribution in [0.5, 0.6) is 5.75 Å². The van der Waals surface area contributed by atoms with E-state index < -0.39 is 0 Å². The highest BCUT2D eigenvalue weighted by Gasteiger charge is 2.28. The van der Waals surface area contributed by atoms with Crippen LogP contribution in [-0.4, -0.2) is 9.78 Å². The quantitative estimate of drug-likeness (QED) is 0.918. The van der Waals surface area contributed by atoms with E-state index >= 15 is 0 Å². The molecule has 0 saturated heterocycles. The number of aryl methyl sites for hydroxylation is 1. The van der Waals surface area contributed by atoms with Crippen LogP contribution in [0.2, 0.25) is 5.02 Å². The first-order chi connectivity index (χ1) is 9.17. The van der Waals surface area contributed by atoms with Crippen LogP contribution < -0.4 is 10.5 Å². The first-order valence-electron chi connectivity index (χ1n) is 6.41. The minimum atomic E-state index is -0.0579. The number of nitrogens with two attached hydrogens (primary N) is 1. The predicted molar refractivity (Wildman–Crippen MR) is 74.3 cm³/mol. The monoisotopic (exact) mass is 277 g/mol. The maximum absolute atomic E-state index is 6.22. The van der Waals surface area contributed by atoms with Crippen LogP contribution in [0.3, 0.4) is 0 Å². The van der Waals surface area contributed by atoms with Crippen LogP contribution in [0, 0.1) is 0 Å². The van der Waals surface area contributed by atoms with Crippen molar-refractivity contribution in [3.63, 3.8) is 0 Å². The Labute approximate surface area is 117 Å². The second kappa shape index (κ2) is 4.87. The maximum atomic E-state index is 6.22. The number of fused-ring (bicyclic) bond motifs is 1. The molecule has 3 rings (SSSR count). The fourth-order valence-corrected chi connectivity index (χ4v) is 2.58. The summed E-state index contributed by atoms with van der Waals surface area (Å²) < 4.78 is 7.90. The van der Waals surface area contributed by atoms with Crippen molar-refractivity contribution in [3.05, 3.63) is 46.7 Å². The fourth-order valence-electron chi connectivity index (χ4n) is 2.40. The molecule has 0 spiro atoms. The molecular weight excluding hydrogens is 262 g/mol. The molecule has 1 aliphatic rings. The van der Waals surface area contributed by atoms with Crippen LogP contribution >= 0.6 is 11.6 Å². The number of halogens is 1. The molecule has 2 aromatic rings. The van der Waals surface area contributed by atoms with Crippen molar-refractivity contribution in [2.75, 3.05) is 0 Å². The summed E-state index contributed by atoms with van der Waals surface area (Å²) in [5, 5.41) is 4.97. The number of hydrogen-bond acceptors (Lipinski definition) is 3. The highest BCUT2D eigenvalue weighted by Crippen LogP contribution is 2.40. The van der Waals surface area contributed by atoms with Crippen molar-refractivity contribution < 1.29 is 4.74 Å². The summed E-state index contributed by atoms with van der Waals surface area (Å²) in [6, 6.07) is 5.53. The molecule has 0 saturated carbocycles. The van der Waals surface area contributed by atoms with Crippen molar-refractivity contribution in [1.82, 2.24) is 9.78 Å². The molecule has 5 heteroatoms. The summed E-state index contributed by atoms with van der Waals surface area (Å²) >= 11 is 5.99. The third kappa shape index (κ3) is 2.33. The first kappa shape index (κ1) is 12.5. The Bertz CT molecular complexity index is 596. The highest BCUT2D eigenvalue weighted by molar-refractivity contribution is 6.30. The van der Waals surface area contributed by atoms with Gasteiger partial charge in [-0.2, -0.15) is 5.10 Å². The van der Waals surface area contributed by atoms with Crippen molar-refractivity contribution in [2.45, 2.75) is 32.0 Å². The van der Waals surface area contributed by atoms with Crippen LogP contribution in [-0.2, 0) is 6.54 Å². The number of hydrogen-bond donors (Lipinski definition) is 1. The summed E-state index contributed by atoms with van der Waals surface area (Å²) in [4.78, 5) is 0. The van der Waals surface area contributed by atoms with Gasteiger partial charge in [-0.1, -0.05) is 11.6 Å². The molecular formula is C14H16ClN3O. The molecule has 1 aromatic heterocycles. The van der Waals surface area contributed by atoms with Gasteiger partial charge in [0, 0.05) is 41.4 Å². The zero-order chi connectivity index (χ0) is 13.4. The minimum Gasteiger partial charge on any atom is -0.485 e. The molecule has 0 radical (unpaired) electrons. The first-order valence-corrected chi connectivity index (χ1v) is 6.79. The molecule has 19 heavy (non-hydrogen) atoms. The van der Waals surface area contributed by atoms with Gasteiger partial charge in [0.25, 0.3) is 0 Å². The normalized spacial score (nSPS) is 21.8. The number of rotatable bonds is 2. The Morgan fingerprint density at radius 3 is 3.11 bits per heavy atom. The van der Waals surface area contributed by atoms with Crippen molar-refractivity contribution in [1.29, 1.82) is 0 Å². The third-order valence-electron chi connectivity index (χ3n) is 3.46. The second-order valence-corrected chi connectivity index (χ2v) is 5.20.